The molecule has 3 aliphatic rings. The van der Waals surface area contributed by atoms with Crippen molar-refractivity contribution in [2.45, 2.75) is 43.2 Å². The van der Waals surface area contributed by atoms with Crippen molar-refractivity contribution in [2.75, 3.05) is 0 Å². The highest BCUT2D eigenvalue weighted by Gasteiger charge is 2.52. The third-order valence-electron chi connectivity index (χ3n) is 5.41. The number of hydrogen-bond acceptors (Lipinski definition) is 3. The average Bonchev–Trinajstić information content (AvgIpc) is 2.62. The summed E-state index contributed by atoms with van der Waals surface area (Å²) in [4.78, 5) is 12.8. The van der Waals surface area contributed by atoms with Crippen molar-refractivity contribution < 1.29 is 13.2 Å². The molecule has 3 atom stereocenters. The first-order valence-electron chi connectivity index (χ1n) is 8.66. The molecule has 130 valence electrons. The number of fused-ring (bicyclic) bond motifs is 3. The van der Waals surface area contributed by atoms with Crippen LogP contribution in [0.4, 0.5) is 0 Å². The Balaban J connectivity index is 1.83. The summed E-state index contributed by atoms with van der Waals surface area (Å²) < 4.78 is 28.4. The lowest BCUT2D eigenvalue weighted by Gasteiger charge is -2.49. The molecule has 0 amide bonds. The van der Waals surface area contributed by atoms with Crippen LogP contribution in [0.1, 0.15) is 36.4 Å². The fourth-order valence-electron chi connectivity index (χ4n) is 4.18. The van der Waals surface area contributed by atoms with Crippen LogP contribution < -0.4 is 0 Å². The average molecular weight is 355 g/mol. The van der Waals surface area contributed by atoms with Crippen molar-refractivity contribution >= 4 is 15.8 Å². The monoisotopic (exact) mass is 355 g/mol. The Morgan fingerprint density at radius 3 is 2.28 bits per heavy atom. The topological polar surface area (TPSA) is 54.5 Å². The summed E-state index contributed by atoms with van der Waals surface area (Å²) in [6.45, 7) is 1.94. The molecule has 0 spiro atoms. The summed E-state index contributed by atoms with van der Waals surface area (Å²) >= 11 is 0. The largest absolute Gasteiger partial charge is 0.299 e. The van der Waals surface area contributed by atoms with Gasteiger partial charge in [-0.3, -0.25) is 4.79 Å². The normalized spacial score (nSPS) is 26.8. The first kappa shape index (κ1) is 16.5. The van der Waals surface area contributed by atoms with E-state index in [1.807, 2.05) is 49.4 Å². The number of aryl methyl sites for hydroxylation is 1. The third kappa shape index (κ3) is 2.71. The maximum absolute atomic E-state index is 13.4. The van der Waals surface area contributed by atoms with Crippen LogP contribution in [0.5, 0.6) is 0 Å². The second-order valence-electron chi connectivity index (χ2n) is 7.01. The number of ketones is 1. The number of sulfonamides is 1. The molecule has 3 fully saturated rings. The van der Waals surface area contributed by atoms with Crippen molar-refractivity contribution in [3.05, 3.63) is 65.7 Å². The Hall–Kier alpha value is -1.98. The first-order valence-corrected chi connectivity index (χ1v) is 10.1. The van der Waals surface area contributed by atoms with Gasteiger partial charge in [0, 0.05) is 18.4 Å². The van der Waals surface area contributed by atoms with Crippen LogP contribution in [0, 0.1) is 12.8 Å². The molecule has 1 aliphatic carbocycles. The van der Waals surface area contributed by atoms with Gasteiger partial charge in [0.15, 0.2) is 0 Å². The summed E-state index contributed by atoms with van der Waals surface area (Å²) in [5.41, 5.74) is 1.93. The van der Waals surface area contributed by atoms with Gasteiger partial charge in [0.05, 0.1) is 10.9 Å². The zero-order chi connectivity index (χ0) is 17.6. The first-order chi connectivity index (χ1) is 12.0. The molecule has 2 bridgehead atoms. The van der Waals surface area contributed by atoms with E-state index in [9.17, 15) is 13.2 Å². The van der Waals surface area contributed by atoms with E-state index in [1.165, 1.54) is 0 Å². The summed E-state index contributed by atoms with van der Waals surface area (Å²) in [5.74, 6) is -0.0481. The van der Waals surface area contributed by atoms with Gasteiger partial charge >= 0.3 is 0 Å². The van der Waals surface area contributed by atoms with E-state index in [2.05, 4.69) is 0 Å². The molecule has 2 saturated heterocycles. The number of carbonyl (C=O) groups excluding carboxylic acids is 1. The highest BCUT2D eigenvalue weighted by molar-refractivity contribution is 7.89. The minimum atomic E-state index is -3.65. The Bertz CT molecular complexity index is 890. The quantitative estimate of drug-likeness (QED) is 0.847. The number of nitrogens with zero attached hydrogens (tertiary/aromatic N) is 1. The molecule has 25 heavy (non-hydrogen) atoms. The van der Waals surface area contributed by atoms with E-state index in [0.717, 1.165) is 24.0 Å². The number of carbonyl (C=O) groups is 1. The van der Waals surface area contributed by atoms with Gasteiger partial charge in [0.1, 0.15) is 5.78 Å². The van der Waals surface area contributed by atoms with Crippen molar-refractivity contribution in [3.63, 3.8) is 0 Å². The van der Waals surface area contributed by atoms with Gasteiger partial charge in [0.25, 0.3) is 0 Å². The smallest absolute Gasteiger partial charge is 0.243 e. The van der Waals surface area contributed by atoms with Crippen LogP contribution in [-0.2, 0) is 14.8 Å². The van der Waals surface area contributed by atoms with E-state index in [1.54, 1.807) is 16.4 Å². The Kier molecular flexibility index (Phi) is 4.01. The Labute approximate surface area is 148 Å². The lowest BCUT2D eigenvalue weighted by Crippen LogP contribution is -2.56. The molecule has 0 unspecified atom stereocenters. The minimum Gasteiger partial charge on any atom is -0.299 e. The maximum atomic E-state index is 13.4. The minimum absolute atomic E-state index is 0.195. The zero-order valence-electron chi connectivity index (χ0n) is 14.1. The SMILES string of the molecule is Cc1ccc(S(=O)(=O)N2[C@@H]3CC[C@@H](C(=O)C3)[C@H]2c2ccccc2)cc1. The number of hydrogen-bond donors (Lipinski definition) is 0. The van der Waals surface area contributed by atoms with Crippen LogP contribution in [0.15, 0.2) is 59.5 Å². The molecule has 1 saturated carbocycles. The highest BCUT2D eigenvalue weighted by atomic mass is 32.2. The van der Waals surface area contributed by atoms with E-state index >= 15 is 0 Å². The van der Waals surface area contributed by atoms with Crippen LogP contribution in [0.25, 0.3) is 0 Å². The van der Waals surface area contributed by atoms with E-state index in [0.29, 0.717) is 11.3 Å². The van der Waals surface area contributed by atoms with E-state index in [-0.39, 0.29) is 17.7 Å². The molecule has 4 nitrogen and oxygen atoms in total. The van der Waals surface area contributed by atoms with Gasteiger partial charge in [-0.15, -0.1) is 0 Å². The van der Waals surface area contributed by atoms with Gasteiger partial charge in [-0.05, 0) is 37.5 Å². The maximum Gasteiger partial charge on any atom is 0.243 e. The van der Waals surface area contributed by atoms with Crippen LogP contribution in [0.2, 0.25) is 0 Å². The Morgan fingerprint density at radius 2 is 1.64 bits per heavy atom. The lowest BCUT2D eigenvalue weighted by atomic mass is 9.73. The van der Waals surface area contributed by atoms with Gasteiger partial charge in [-0.2, -0.15) is 4.31 Å². The van der Waals surface area contributed by atoms with Crippen LogP contribution in [0.3, 0.4) is 0 Å². The standard InChI is InChI=1S/C20H21NO3S/c1-14-7-10-17(11-8-14)25(23,24)21-16-9-12-18(19(22)13-16)20(21)15-5-3-2-4-6-15/h2-8,10-11,16,18,20H,9,12-13H2,1H3/t16-,18+,20-/m1/s1. The number of piperidine rings is 2. The second kappa shape index (κ2) is 6.07. The predicted molar refractivity (Wildman–Crippen MR) is 95.5 cm³/mol. The van der Waals surface area contributed by atoms with Crippen molar-refractivity contribution in [1.82, 2.24) is 4.31 Å². The summed E-state index contributed by atoms with van der Waals surface area (Å²) in [7, 11) is -3.65. The third-order valence-corrected chi connectivity index (χ3v) is 7.36. The summed E-state index contributed by atoms with van der Waals surface area (Å²) in [5, 5.41) is 0. The fraction of sp³-hybridized carbons (Fsp3) is 0.350. The molecule has 2 aliphatic heterocycles. The second-order valence-corrected chi connectivity index (χ2v) is 8.85. The molecule has 5 rings (SSSR count). The van der Waals surface area contributed by atoms with E-state index < -0.39 is 16.1 Å². The van der Waals surface area contributed by atoms with Crippen LogP contribution in [-0.4, -0.2) is 24.5 Å². The van der Waals surface area contributed by atoms with Crippen molar-refractivity contribution in [2.24, 2.45) is 5.92 Å². The summed E-state index contributed by atoms with van der Waals surface area (Å²) in [6, 6.07) is 15.9. The predicted octanol–water partition coefficient (Wildman–Crippen LogP) is 3.48. The molecular formula is C20H21NO3S. The van der Waals surface area contributed by atoms with Crippen LogP contribution >= 0.6 is 0 Å². The van der Waals surface area contributed by atoms with Gasteiger partial charge in [-0.1, -0.05) is 48.0 Å². The number of Topliss-reactive ketones (excluding diaryl/α,β-unsaturated/α-hetero) is 1. The molecule has 2 heterocycles. The van der Waals surface area contributed by atoms with Gasteiger partial charge < -0.3 is 0 Å². The molecule has 2 aromatic rings. The number of rotatable bonds is 3. The molecule has 5 heteroatoms. The highest BCUT2D eigenvalue weighted by Crippen LogP contribution is 2.48. The molecular weight excluding hydrogens is 334 g/mol. The molecule has 0 N–H and O–H groups in total. The number of benzene rings is 2. The zero-order valence-corrected chi connectivity index (χ0v) is 14.9. The summed E-state index contributed by atoms with van der Waals surface area (Å²) in [6.07, 6.45) is 1.85. The molecule has 0 radical (unpaired) electrons. The fourth-order valence-corrected chi connectivity index (χ4v) is 6.04. The van der Waals surface area contributed by atoms with E-state index in [4.69, 9.17) is 0 Å². The molecule has 2 aromatic carbocycles. The molecule has 0 aromatic heterocycles. The van der Waals surface area contributed by atoms with Crippen molar-refractivity contribution in [3.8, 4) is 0 Å². The van der Waals surface area contributed by atoms with Gasteiger partial charge in [-0.25, -0.2) is 8.42 Å². The Morgan fingerprint density at radius 1 is 0.960 bits per heavy atom. The van der Waals surface area contributed by atoms with Gasteiger partial charge in [0.2, 0.25) is 10.0 Å². The van der Waals surface area contributed by atoms with Crippen molar-refractivity contribution in [1.29, 1.82) is 0 Å². The lowest BCUT2D eigenvalue weighted by molar-refractivity contribution is -0.133.